The zero-order valence-corrected chi connectivity index (χ0v) is 14.4. The number of anilines is 1. The van der Waals surface area contributed by atoms with Crippen molar-refractivity contribution in [1.29, 1.82) is 0 Å². The minimum atomic E-state index is -0.847. The van der Waals surface area contributed by atoms with Crippen molar-refractivity contribution in [3.05, 3.63) is 29.0 Å². The third-order valence-electron chi connectivity index (χ3n) is 3.59. The molecule has 0 aliphatic carbocycles. The summed E-state index contributed by atoms with van der Waals surface area (Å²) < 4.78 is 18.9. The molecule has 1 heterocycles. The first kappa shape index (κ1) is 18.6. The van der Waals surface area contributed by atoms with E-state index in [9.17, 15) is 14.0 Å². The van der Waals surface area contributed by atoms with Crippen LogP contribution in [0, 0.1) is 5.82 Å². The lowest BCUT2D eigenvalue weighted by atomic mass is 10.2. The lowest BCUT2D eigenvalue weighted by Crippen LogP contribution is -2.48. The maximum Gasteiger partial charge on any atom is 0.313 e. The number of hydrogen-bond donors (Lipinski definition) is 2. The Hall–Kier alpha value is -1.70. The summed E-state index contributed by atoms with van der Waals surface area (Å²) >= 11 is 5.56. The topological polar surface area (TPSA) is 70.7 Å². The van der Waals surface area contributed by atoms with Crippen molar-refractivity contribution in [2.75, 3.05) is 31.5 Å². The number of ether oxygens (including phenoxy) is 1. The summed E-state index contributed by atoms with van der Waals surface area (Å²) in [6.45, 7) is 6.56. The van der Waals surface area contributed by atoms with Crippen molar-refractivity contribution in [1.82, 2.24) is 10.2 Å². The molecule has 2 unspecified atom stereocenters. The van der Waals surface area contributed by atoms with Gasteiger partial charge in [0.2, 0.25) is 0 Å². The number of amides is 2. The van der Waals surface area contributed by atoms with Gasteiger partial charge in [0.1, 0.15) is 5.82 Å². The molecule has 2 rings (SSSR count). The predicted molar refractivity (Wildman–Crippen MR) is 89.5 cm³/mol. The first-order valence-electron chi connectivity index (χ1n) is 7.77. The average Bonchev–Trinajstić information content (AvgIpc) is 2.50. The number of hydrogen-bond acceptors (Lipinski definition) is 4. The smallest absolute Gasteiger partial charge is 0.313 e. The van der Waals surface area contributed by atoms with Crippen LogP contribution >= 0.6 is 11.6 Å². The van der Waals surface area contributed by atoms with Crippen molar-refractivity contribution >= 4 is 29.1 Å². The van der Waals surface area contributed by atoms with Crippen molar-refractivity contribution in [2.24, 2.45) is 0 Å². The summed E-state index contributed by atoms with van der Waals surface area (Å²) in [7, 11) is 0. The Balaban J connectivity index is 1.75. The summed E-state index contributed by atoms with van der Waals surface area (Å²) in [6.07, 6.45) is 0.292. The van der Waals surface area contributed by atoms with E-state index in [1.165, 1.54) is 12.1 Å². The molecular formula is C16H21ClFN3O3. The number of halogens is 2. The Labute approximate surface area is 145 Å². The molecule has 2 N–H and O–H groups in total. The molecule has 132 valence electrons. The van der Waals surface area contributed by atoms with Crippen molar-refractivity contribution in [3.8, 4) is 0 Å². The number of morpholine rings is 1. The average molecular weight is 358 g/mol. The van der Waals surface area contributed by atoms with Crippen LogP contribution in [-0.4, -0.2) is 55.1 Å². The molecule has 1 aliphatic heterocycles. The molecule has 1 fully saturated rings. The summed E-state index contributed by atoms with van der Waals surface area (Å²) in [5.41, 5.74) is 0.174. The number of nitrogens with zero attached hydrogens (tertiary/aromatic N) is 1. The van der Waals surface area contributed by atoms with Gasteiger partial charge >= 0.3 is 11.8 Å². The van der Waals surface area contributed by atoms with Gasteiger partial charge in [-0.25, -0.2) is 4.39 Å². The van der Waals surface area contributed by atoms with E-state index in [1.807, 2.05) is 13.8 Å². The van der Waals surface area contributed by atoms with Gasteiger partial charge in [-0.05, 0) is 32.0 Å². The second-order valence-electron chi connectivity index (χ2n) is 5.86. The highest BCUT2D eigenvalue weighted by molar-refractivity contribution is 6.39. The van der Waals surface area contributed by atoms with Gasteiger partial charge in [0, 0.05) is 31.9 Å². The summed E-state index contributed by atoms with van der Waals surface area (Å²) in [5.74, 6) is -2.27. The third kappa shape index (κ3) is 5.43. The number of nitrogens with one attached hydrogen (secondary N) is 2. The summed E-state index contributed by atoms with van der Waals surface area (Å²) in [5, 5.41) is 4.83. The Bertz CT molecular complexity index is 604. The molecule has 2 atom stereocenters. The van der Waals surface area contributed by atoms with Gasteiger partial charge in [0.15, 0.2) is 0 Å². The highest BCUT2D eigenvalue weighted by Crippen LogP contribution is 2.18. The monoisotopic (exact) mass is 357 g/mol. The van der Waals surface area contributed by atoms with Gasteiger partial charge in [-0.2, -0.15) is 0 Å². The molecule has 24 heavy (non-hydrogen) atoms. The van der Waals surface area contributed by atoms with Crippen LogP contribution in [-0.2, 0) is 14.3 Å². The minimum Gasteiger partial charge on any atom is -0.373 e. The Morgan fingerprint density at radius 2 is 1.96 bits per heavy atom. The van der Waals surface area contributed by atoms with E-state index in [1.54, 1.807) is 0 Å². The molecule has 0 saturated carbocycles. The van der Waals surface area contributed by atoms with Crippen LogP contribution in [0.1, 0.15) is 13.8 Å². The van der Waals surface area contributed by atoms with Crippen LogP contribution in [0.5, 0.6) is 0 Å². The van der Waals surface area contributed by atoms with Crippen molar-refractivity contribution < 1.29 is 18.7 Å². The van der Waals surface area contributed by atoms with Crippen LogP contribution in [0.2, 0.25) is 5.02 Å². The van der Waals surface area contributed by atoms with Crippen LogP contribution in [0.25, 0.3) is 0 Å². The second kappa shape index (κ2) is 8.41. The standard InChI is InChI=1S/C16H21ClFN3O3/c1-10-8-21(9-11(2)24-10)6-5-19-15(22)16(23)20-12-3-4-13(17)14(18)7-12/h3-4,7,10-11H,5-6,8-9H2,1-2H3,(H,19,22)(H,20,23). The number of carbonyl (C=O) groups excluding carboxylic acids is 2. The molecule has 2 amide bonds. The van der Waals surface area contributed by atoms with E-state index in [2.05, 4.69) is 15.5 Å². The van der Waals surface area contributed by atoms with Gasteiger partial charge < -0.3 is 15.4 Å². The molecule has 1 saturated heterocycles. The van der Waals surface area contributed by atoms with E-state index in [0.29, 0.717) is 13.1 Å². The SMILES string of the molecule is CC1CN(CCNC(=O)C(=O)Nc2ccc(Cl)c(F)c2)CC(C)O1. The van der Waals surface area contributed by atoms with Gasteiger partial charge in [-0.15, -0.1) is 0 Å². The maximum atomic E-state index is 13.3. The molecule has 6 nitrogen and oxygen atoms in total. The molecule has 8 heteroatoms. The maximum absolute atomic E-state index is 13.3. The summed E-state index contributed by atoms with van der Waals surface area (Å²) in [4.78, 5) is 25.7. The zero-order chi connectivity index (χ0) is 17.7. The molecule has 1 aliphatic rings. The van der Waals surface area contributed by atoms with Gasteiger partial charge in [-0.3, -0.25) is 14.5 Å². The fraction of sp³-hybridized carbons (Fsp3) is 0.500. The highest BCUT2D eigenvalue weighted by Gasteiger charge is 2.22. The Morgan fingerprint density at radius 1 is 1.29 bits per heavy atom. The fourth-order valence-corrected chi connectivity index (χ4v) is 2.75. The van der Waals surface area contributed by atoms with Gasteiger partial charge in [0.25, 0.3) is 0 Å². The van der Waals surface area contributed by atoms with Crippen LogP contribution < -0.4 is 10.6 Å². The van der Waals surface area contributed by atoms with Gasteiger partial charge in [0.05, 0.1) is 17.2 Å². The highest BCUT2D eigenvalue weighted by atomic mass is 35.5. The molecule has 1 aromatic rings. The lowest BCUT2D eigenvalue weighted by molar-refractivity contribution is -0.136. The van der Waals surface area contributed by atoms with E-state index in [-0.39, 0.29) is 22.9 Å². The second-order valence-corrected chi connectivity index (χ2v) is 6.26. The molecule has 0 bridgehead atoms. The first-order chi connectivity index (χ1) is 11.3. The molecule has 0 aromatic heterocycles. The number of benzene rings is 1. The Kier molecular flexibility index (Phi) is 6.53. The number of carbonyl (C=O) groups is 2. The molecule has 1 aromatic carbocycles. The quantitative estimate of drug-likeness (QED) is 0.804. The largest absolute Gasteiger partial charge is 0.373 e. The first-order valence-corrected chi connectivity index (χ1v) is 8.15. The minimum absolute atomic E-state index is 0.0496. The molecular weight excluding hydrogens is 337 g/mol. The summed E-state index contributed by atoms with van der Waals surface area (Å²) in [6, 6.07) is 3.79. The fourth-order valence-electron chi connectivity index (χ4n) is 2.64. The van der Waals surface area contributed by atoms with Crippen molar-refractivity contribution in [2.45, 2.75) is 26.1 Å². The van der Waals surface area contributed by atoms with Crippen LogP contribution in [0.3, 0.4) is 0 Å². The molecule has 0 spiro atoms. The normalized spacial score (nSPS) is 21.3. The van der Waals surface area contributed by atoms with E-state index in [0.717, 1.165) is 19.2 Å². The van der Waals surface area contributed by atoms with E-state index in [4.69, 9.17) is 16.3 Å². The third-order valence-corrected chi connectivity index (χ3v) is 3.90. The predicted octanol–water partition coefficient (Wildman–Crippen LogP) is 1.64. The van der Waals surface area contributed by atoms with Crippen LogP contribution in [0.15, 0.2) is 18.2 Å². The van der Waals surface area contributed by atoms with E-state index < -0.39 is 17.6 Å². The Morgan fingerprint density at radius 3 is 2.58 bits per heavy atom. The molecule has 0 radical (unpaired) electrons. The van der Waals surface area contributed by atoms with E-state index >= 15 is 0 Å². The lowest BCUT2D eigenvalue weighted by Gasteiger charge is -2.35. The van der Waals surface area contributed by atoms with Gasteiger partial charge in [-0.1, -0.05) is 11.6 Å². The van der Waals surface area contributed by atoms with Crippen LogP contribution in [0.4, 0.5) is 10.1 Å². The zero-order valence-electron chi connectivity index (χ0n) is 13.6. The number of rotatable bonds is 4. The van der Waals surface area contributed by atoms with Crippen molar-refractivity contribution in [3.63, 3.8) is 0 Å².